The number of rotatable bonds is 1. The number of carbonyl (C=O) groups excluding carboxylic acids is 2. The highest BCUT2D eigenvalue weighted by Gasteiger charge is 2.63. The van der Waals surface area contributed by atoms with E-state index in [1.807, 2.05) is 6.08 Å². The molecule has 0 N–H and O–H groups in total. The summed E-state index contributed by atoms with van der Waals surface area (Å²) < 4.78 is 0. The van der Waals surface area contributed by atoms with Gasteiger partial charge in [0, 0.05) is 16.9 Å². The van der Waals surface area contributed by atoms with Gasteiger partial charge in [0.2, 0.25) is 0 Å². The molecule has 1 radical (unpaired) electrons. The van der Waals surface area contributed by atoms with Gasteiger partial charge in [0.25, 0.3) is 0 Å². The van der Waals surface area contributed by atoms with Crippen LogP contribution in [0.1, 0.15) is 79.6 Å². The monoisotopic (exact) mass is 365 g/mol. The Balaban J connectivity index is 1.56. The molecule has 0 saturated heterocycles. The molecule has 0 aromatic heterocycles. The SMILES string of the molecule is CC(=O)[C]1CC[C@H]2[C@@H]3CCC4=CC(=O)C5=C(CC5(C)C)[C@]4(C)[C@H]3CC[C@]12C. The number of ketones is 2. The summed E-state index contributed by atoms with van der Waals surface area (Å²) in [5.74, 6) is 3.85. The summed E-state index contributed by atoms with van der Waals surface area (Å²) in [6.45, 7) is 11.1. The van der Waals surface area contributed by atoms with Crippen molar-refractivity contribution in [2.45, 2.75) is 79.6 Å². The molecule has 0 aromatic rings. The number of Topliss-reactive ketones (excluding diaryl/α,β-unsaturated/α-hetero) is 1. The zero-order valence-electron chi connectivity index (χ0n) is 17.6. The zero-order valence-corrected chi connectivity index (χ0v) is 17.6. The normalized spacial score (nSPS) is 45.3. The van der Waals surface area contributed by atoms with E-state index in [4.69, 9.17) is 0 Å². The summed E-state index contributed by atoms with van der Waals surface area (Å²) in [5.41, 5.74) is 4.30. The predicted molar refractivity (Wildman–Crippen MR) is 107 cm³/mol. The third-order valence-electron chi connectivity index (χ3n) is 9.58. The van der Waals surface area contributed by atoms with E-state index >= 15 is 0 Å². The standard InChI is InChI=1S/C25H33O2/c1-14(26)17-8-9-18-16-7-6-15-12-21(27)22-20(13-23(22,2)3)25(15,5)19(16)10-11-24(17,18)4/h12,16,18-19H,6-11,13H2,1-5H3/t16-,18-,19-,24+,25-/m0/s1. The number of fused-ring (bicyclic) bond motifs is 6. The Morgan fingerprint density at radius 1 is 1.04 bits per heavy atom. The first-order chi connectivity index (χ1) is 12.6. The van der Waals surface area contributed by atoms with Crippen molar-refractivity contribution in [2.24, 2.45) is 34.0 Å². The minimum absolute atomic E-state index is 0.0521. The largest absolute Gasteiger partial charge is 0.299 e. The van der Waals surface area contributed by atoms with Crippen LogP contribution in [0.5, 0.6) is 0 Å². The molecule has 5 aliphatic carbocycles. The van der Waals surface area contributed by atoms with E-state index in [2.05, 4.69) is 27.7 Å². The minimum Gasteiger partial charge on any atom is -0.299 e. The average molecular weight is 366 g/mol. The van der Waals surface area contributed by atoms with E-state index in [1.54, 1.807) is 6.92 Å². The van der Waals surface area contributed by atoms with Crippen LogP contribution in [-0.4, -0.2) is 11.6 Å². The number of hydrogen-bond acceptors (Lipinski definition) is 2. The van der Waals surface area contributed by atoms with Crippen molar-refractivity contribution in [3.05, 3.63) is 28.7 Å². The third-order valence-corrected chi connectivity index (χ3v) is 9.58. The Kier molecular flexibility index (Phi) is 3.47. The van der Waals surface area contributed by atoms with Gasteiger partial charge in [0.05, 0.1) is 0 Å². The quantitative estimate of drug-likeness (QED) is 0.603. The second-order valence-electron chi connectivity index (χ2n) is 11.1. The van der Waals surface area contributed by atoms with E-state index < -0.39 is 0 Å². The van der Waals surface area contributed by atoms with Gasteiger partial charge in [-0.05, 0) is 86.5 Å². The highest BCUT2D eigenvalue weighted by Crippen LogP contribution is 2.70. The lowest BCUT2D eigenvalue weighted by atomic mass is 9.42. The van der Waals surface area contributed by atoms with Crippen LogP contribution >= 0.6 is 0 Å². The van der Waals surface area contributed by atoms with Crippen molar-refractivity contribution >= 4 is 11.6 Å². The molecule has 0 amide bonds. The van der Waals surface area contributed by atoms with E-state index in [0.717, 1.165) is 31.3 Å². The van der Waals surface area contributed by atoms with Crippen molar-refractivity contribution in [2.75, 3.05) is 0 Å². The Hall–Kier alpha value is -1.18. The van der Waals surface area contributed by atoms with E-state index in [-0.39, 0.29) is 16.2 Å². The van der Waals surface area contributed by atoms with Crippen LogP contribution in [0.25, 0.3) is 0 Å². The van der Waals surface area contributed by atoms with Crippen LogP contribution in [0.2, 0.25) is 0 Å². The maximum Gasteiger partial charge on any atom is 0.182 e. The molecule has 0 heterocycles. The molecule has 0 aromatic carbocycles. The fraction of sp³-hybridized carbons (Fsp3) is 0.720. The highest BCUT2D eigenvalue weighted by atomic mass is 16.1. The Labute approximate surface area is 163 Å². The first kappa shape index (κ1) is 17.9. The molecule has 5 aliphatic rings. The molecule has 2 heteroatoms. The lowest BCUT2D eigenvalue weighted by Gasteiger charge is -2.62. The fourth-order valence-corrected chi connectivity index (χ4v) is 8.33. The van der Waals surface area contributed by atoms with Gasteiger partial charge in [-0.15, -0.1) is 0 Å². The Morgan fingerprint density at radius 2 is 1.78 bits per heavy atom. The van der Waals surface area contributed by atoms with E-state index in [1.165, 1.54) is 36.3 Å². The molecule has 5 atom stereocenters. The van der Waals surface area contributed by atoms with Crippen LogP contribution in [0, 0.1) is 39.9 Å². The van der Waals surface area contributed by atoms with Crippen molar-refractivity contribution < 1.29 is 9.59 Å². The topological polar surface area (TPSA) is 34.1 Å². The fourth-order valence-electron chi connectivity index (χ4n) is 8.33. The summed E-state index contributed by atoms with van der Waals surface area (Å²) in [5, 5.41) is 0. The van der Waals surface area contributed by atoms with E-state index in [9.17, 15) is 9.59 Å². The lowest BCUT2D eigenvalue weighted by molar-refractivity contribution is -0.118. The Bertz CT molecular complexity index is 812. The zero-order chi connectivity index (χ0) is 19.4. The minimum atomic E-state index is 0.0521. The van der Waals surface area contributed by atoms with Gasteiger partial charge in [-0.2, -0.15) is 0 Å². The predicted octanol–water partition coefficient (Wildman–Crippen LogP) is 5.63. The van der Waals surface area contributed by atoms with Crippen molar-refractivity contribution in [3.8, 4) is 0 Å². The second-order valence-corrected chi connectivity index (χ2v) is 11.1. The molecular formula is C25H33O2. The number of allylic oxidation sites excluding steroid dienone is 4. The molecule has 27 heavy (non-hydrogen) atoms. The molecule has 0 spiro atoms. The maximum absolute atomic E-state index is 12.8. The van der Waals surface area contributed by atoms with Crippen LogP contribution in [0.15, 0.2) is 22.8 Å². The summed E-state index contributed by atoms with van der Waals surface area (Å²) in [4.78, 5) is 25.1. The maximum atomic E-state index is 12.8. The molecule has 145 valence electrons. The smallest absolute Gasteiger partial charge is 0.182 e. The molecular weight excluding hydrogens is 332 g/mol. The Morgan fingerprint density at radius 3 is 2.44 bits per heavy atom. The summed E-state index contributed by atoms with van der Waals surface area (Å²) in [6.07, 6.45) is 9.93. The van der Waals surface area contributed by atoms with Gasteiger partial charge in [-0.3, -0.25) is 9.59 Å². The third kappa shape index (κ3) is 2.03. The van der Waals surface area contributed by atoms with Gasteiger partial charge in [0.15, 0.2) is 5.78 Å². The second kappa shape index (κ2) is 5.24. The van der Waals surface area contributed by atoms with Crippen molar-refractivity contribution in [1.82, 2.24) is 0 Å². The number of hydrogen-bond donors (Lipinski definition) is 0. The van der Waals surface area contributed by atoms with Crippen LogP contribution < -0.4 is 0 Å². The summed E-state index contributed by atoms with van der Waals surface area (Å²) >= 11 is 0. The van der Waals surface area contributed by atoms with Crippen LogP contribution in [-0.2, 0) is 9.59 Å². The van der Waals surface area contributed by atoms with Crippen molar-refractivity contribution in [1.29, 1.82) is 0 Å². The molecule has 2 nitrogen and oxygen atoms in total. The highest BCUT2D eigenvalue weighted by molar-refractivity contribution is 6.09. The van der Waals surface area contributed by atoms with Gasteiger partial charge in [-0.25, -0.2) is 0 Å². The first-order valence-electron chi connectivity index (χ1n) is 11.0. The van der Waals surface area contributed by atoms with Crippen LogP contribution in [0.3, 0.4) is 0 Å². The molecule has 3 fully saturated rings. The van der Waals surface area contributed by atoms with Gasteiger partial charge >= 0.3 is 0 Å². The number of carbonyl (C=O) groups is 2. The van der Waals surface area contributed by atoms with Gasteiger partial charge in [-0.1, -0.05) is 38.8 Å². The molecule has 0 aliphatic heterocycles. The molecule has 0 unspecified atom stereocenters. The van der Waals surface area contributed by atoms with Crippen molar-refractivity contribution in [3.63, 3.8) is 0 Å². The molecule has 5 rings (SSSR count). The van der Waals surface area contributed by atoms with Gasteiger partial charge in [0.1, 0.15) is 5.78 Å². The van der Waals surface area contributed by atoms with Crippen LogP contribution in [0.4, 0.5) is 0 Å². The first-order valence-corrected chi connectivity index (χ1v) is 11.0. The van der Waals surface area contributed by atoms with Gasteiger partial charge < -0.3 is 0 Å². The molecule has 3 saturated carbocycles. The summed E-state index contributed by atoms with van der Waals surface area (Å²) in [7, 11) is 0. The summed E-state index contributed by atoms with van der Waals surface area (Å²) in [6, 6.07) is 0. The average Bonchev–Trinajstić information content (AvgIpc) is 2.92. The lowest BCUT2D eigenvalue weighted by Crippen LogP contribution is -2.54. The van der Waals surface area contributed by atoms with E-state index in [0.29, 0.717) is 29.3 Å². The molecule has 0 bridgehead atoms.